The molecular weight excluding hydrogens is 492 g/mol. The second-order valence-corrected chi connectivity index (χ2v) is 9.44. The maximum atomic E-state index is 14.0. The molecule has 2 N–H and O–H groups in total. The number of fused-ring (bicyclic) bond motifs is 1. The molecule has 1 aliphatic heterocycles. The Bertz CT molecular complexity index is 1080. The third kappa shape index (κ3) is 5.10. The van der Waals surface area contributed by atoms with Crippen LogP contribution < -0.4 is 10.6 Å². The molecule has 0 saturated carbocycles. The number of benzene rings is 1. The fourth-order valence-corrected chi connectivity index (χ4v) is 5.00. The quantitative estimate of drug-likeness (QED) is 0.613. The van der Waals surface area contributed by atoms with E-state index in [1.165, 1.54) is 18.3 Å². The zero-order valence-electron chi connectivity index (χ0n) is 18.3. The number of halogens is 5. The molecule has 2 aromatic rings. The molecule has 0 bridgehead atoms. The monoisotopic (exact) mass is 514 g/mol. The molecule has 0 radical (unpaired) electrons. The van der Waals surface area contributed by atoms with E-state index in [0.717, 1.165) is 18.2 Å². The summed E-state index contributed by atoms with van der Waals surface area (Å²) >= 11 is 12.4. The van der Waals surface area contributed by atoms with Crippen molar-refractivity contribution >= 4 is 40.7 Å². The topological polar surface area (TPSA) is 74.3 Å². The minimum absolute atomic E-state index is 0.00259. The predicted molar refractivity (Wildman–Crippen MR) is 123 cm³/mol. The van der Waals surface area contributed by atoms with Gasteiger partial charge >= 0.3 is 6.18 Å². The number of piperidine rings is 1. The number of nitrogens with one attached hydrogen (secondary N) is 2. The smallest absolute Gasteiger partial charge is 0.380 e. The first-order valence-corrected chi connectivity index (χ1v) is 11.6. The first-order valence-electron chi connectivity index (χ1n) is 10.8. The van der Waals surface area contributed by atoms with Gasteiger partial charge in [0.1, 0.15) is 0 Å². The Morgan fingerprint density at radius 1 is 1.24 bits per heavy atom. The van der Waals surface area contributed by atoms with Crippen LogP contribution in [0.25, 0.3) is 0 Å². The Morgan fingerprint density at radius 2 is 2.00 bits per heavy atom. The second kappa shape index (κ2) is 9.62. The standard InChI is InChI=1S/C23H23Cl2F3N4O2/c1-32(22(34)13-3-7-19(33)30-10-13)21(23(26,27)28)18-6-4-14(11-29-18)31-15-8-12-2-5-17(24)20(25)16(12)9-15/h2,4-6,11,13,15,21,31H,3,7-10H2,1H3,(H,30,33)/t13-,15?,21?/m0/s1. The van der Waals surface area contributed by atoms with E-state index in [4.69, 9.17) is 23.2 Å². The van der Waals surface area contributed by atoms with Gasteiger partial charge in [-0.25, -0.2) is 0 Å². The molecule has 1 fully saturated rings. The van der Waals surface area contributed by atoms with Gasteiger partial charge in [0.15, 0.2) is 6.04 Å². The number of nitrogens with zero attached hydrogens (tertiary/aromatic N) is 2. The van der Waals surface area contributed by atoms with Crippen LogP contribution in [-0.4, -0.2) is 47.5 Å². The maximum Gasteiger partial charge on any atom is 0.414 e. The van der Waals surface area contributed by atoms with Crippen molar-refractivity contribution in [3.63, 3.8) is 0 Å². The molecule has 6 nitrogen and oxygen atoms in total. The summed E-state index contributed by atoms with van der Waals surface area (Å²) in [5.74, 6) is -1.58. The third-order valence-corrected chi connectivity index (χ3v) is 7.15. The van der Waals surface area contributed by atoms with Crippen LogP contribution in [-0.2, 0) is 22.4 Å². The fourth-order valence-electron chi connectivity index (χ4n) is 4.56. The first-order chi connectivity index (χ1) is 16.0. The summed E-state index contributed by atoms with van der Waals surface area (Å²) in [6.07, 6.45) is -1.71. The number of carbonyl (C=O) groups excluding carboxylic acids is 2. The molecule has 34 heavy (non-hydrogen) atoms. The molecule has 2 heterocycles. The molecule has 182 valence electrons. The van der Waals surface area contributed by atoms with E-state index in [0.29, 0.717) is 33.5 Å². The van der Waals surface area contributed by atoms with Crippen molar-refractivity contribution in [3.05, 3.63) is 57.3 Å². The summed E-state index contributed by atoms with van der Waals surface area (Å²) in [5.41, 5.74) is 2.33. The number of pyridine rings is 1. The molecule has 2 aliphatic rings. The van der Waals surface area contributed by atoms with Crippen molar-refractivity contribution < 1.29 is 22.8 Å². The Labute approximate surface area is 204 Å². The molecule has 1 saturated heterocycles. The fraction of sp³-hybridized carbons (Fsp3) is 0.435. The number of aromatic nitrogens is 1. The van der Waals surface area contributed by atoms with Gasteiger partial charge in [-0.15, -0.1) is 0 Å². The van der Waals surface area contributed by atoms with Gasteiger partial charge in [0.2, 0.25) is 11.8 Å². The Morgan fingerprint density at radius 3 is 2.62 bits per heavy atom. The van der Waals surface area contributed by atoms with Gasteiger partial charge in [0.05, 0.1) is 33.5 Å². The summed E-state index contributed by atoms with van der Waals surface area (Å²) in [7, 11) is 1.12. The van der Waals surface area contributed by atoms with Crippen LogP contribution in [0.3, 0.4) is 0 Å². The van der Waals surface area contributed by atoms with Crippen LogP contribution in [0.5, 0.6) is 0 Å². The largest absolute Gasteiger partial charge is 0.414 e. The normalized spacial score (nSPS) is 20.9. The Kier molecular flexibility index (Phi) is 6.96. The third-order valence-electron chi connectivity index (χ3n) is 6.31. The molecule has 2 unspecified atom stereocenters. The van der Waals surface area contributed by atoms with Crippen LogP contribution in [0.2, 0.25) is 10.0 Å². The zero-order valence-corrected chi connectivity index (χ0v) is 19.8. The number of rotatable bonds is 5. The molecule has 1 aromatic carbocycles. The molecule has 1 aliphatic carbocycles. The number of hydrogen-bond donors (Lipinski definition) is 2. The number of hydrogen-bond acceptors (Lipinski definition) is 4. The average Bonchev–Trinajstić information content (AvgIpc) is 3.20. The van der Waals surface area contributed by atoms with E-state index in [1.807, 2.05) is 6.07 Å². The lowest BCUT2D eigenvalue weighted by Crippen LogP contribution is -2.47. The van der Waals surface area contributed by atoms with E-state index in [9.17, 15) is 22.8 Å². The minimum Gasteiger partial charge on any atom is -0.380 e. The first kappa shape index (κ1) is 24.6. The highest BCUT2D eigenvalue weighted by Crippen LogP contribution is 2.38. The van der Waals surface area contributed by atoms with Gasteiger partial charge in [-0.2, -0.15) is 13.2 Å². The van der Waals surface area contributed by atoms with Crippen molar-refractivity contribution in [3.8, 4) is 0 Å². The van der Waals surface area contributed by atoms with Crippen LogP contribution >= 0.6 is 23.2 Å². The van der Waals surface area contributed by atoms with Crippen LogP contribution in [0.15, 0.2) is 30.5 Å². The Hall–Kier alpha value is -2.52. The lowest BCUT2D eigenvalue weighted by Gasteiger charge is -2.33. The molecule has 1 aromatic heterocycles. The summed E-state index contributed by atoms with van der Waals surface area (Å²) in [5, 5.41) is 6.82. The van der Waals surface area contributed by atoms with Crippen LogP contribution in [0, 0.1) is 5.92 Å². The van der Waals surface area contributed by atoms with E-state index in [-0.39, 0.29) is 37.0 Å². The van der Waals surface area contributed by atoms with Crippen molar-refractivity contribution in [2.45, 2.75) is 43.9 Å². The number of amides is 2. The molecule has 11 heteroatoms. The van der Waals surface area contributed by atoms with Gasteiger partial charge in [-0.3, -0.25) is 14.6 Å². The van der Waals surface area contributed by atoms with Crippen LogP contribution in [0.4, 0.5) is 18.9 Å². The van der Waals surface area contributed by atoms with E-state index < -0.39 is 24.0 Å². The highest BCUT2D eigenvalue weighted by molar-refractivity contribution is 6.42. The van der Waals surface area contributed by atoms with Gasteiger partial charge in [0.25, 0.3) is 0 Å². The van der Waals surface area contributed by atoms with Crippen molar-refractivity contribution in [2.24, 2.45) is 5.92 Å². The number of alkyl halides is 3. The van der Waals surface area contributed by atoms with E-state index in [1.54, 1.807) is 6.07 Å². The average molecular weight is 515 g/mol. The predicted octanol–water partition coefficient (Wildman–Crippen LogP) is 4.56. The lowest BCUT2D eigenvalue weighted by atomic mass is 9.96. The lowest BCUT2D eigenvalue weighted by molar-refractivity contribution is -0.191. The van der Waals surface area contributed by atoms with E-state index >= 15 is 0 Å². The van der Waals surface area contributed by atoms with Gasteiger partial charge < -0.3 is 15.5 Å². The Balaban J connectivity index is 1.46. The summed E-state index contributed by atoms with van der Waals surface area (Å²) in [4.78, 5) is 28.8. The molecule has 2 amide bonds. The zero-order chi connectivity index (χ0) is 24.6. The molecule has 0 spiro atoms. The summed E-state index contributed by atoms with van der Waals surface area (Å²) in [6.45, 7) is 0.0296. The molecule has 4 rings (SSSR count). The van der Waals surface area contributed by atoms with Crippen LogP contribution in [0.1, 0.15) is 35.7 Å². The second-order valence-electron chi connectivity index (χ2n) is 8.65. The van der Waals surface area contributed by atoms with Crippen molar-refractivity contribution in [1.82, 2.24) is 15.2 Å². The number of anilines is 1. The van der Waals surface area contributed by atoms with Gasteiger partial charge in [-0.1, -0.05) is 29.3 Å². The summed E-state index contributed by atoms with van der Waals surface area (Å²) in [6, 6.07) is 4.28. The molecular formula is C23H23Cl2F3N4O2. The van der Waals surface area contributed by atoms with Crippen molar-refractivity contribution in [2.75, 3.05) is 18.9 Å². The van der Waals surface area contributed by atoms with E-state index in [2.05, 4.69) is 15.6 Å². The molecule has 3 atom stereocenters. The van der Waals surface area contributed by atoms with Gasteiger partial charge in [0, 0.05) is 26.1 Å². The highest BCUT2D eigenvalue weighted by atomic mass is 35.5. The SMILES string of the molecule is CN(C(=O)[C@H]1CCC(=O)NC1)C(c1ccc(NC2Cc3ccc(Cl)c(Cl)c3C2)cn1)C(F)(F)F. The number of carbonyl (C=O) groups is 2. The maximum absolute atomic E-state index is 14.0. The van der Waals surface area contributed by atoms with Gasteiger partial charge in [-0.05, 0) is 48.6 Å². The minimum atomic E-state index is -4.71. The van der Waals surface area contributed by atoms with Crippen molar-refractivity contribution in [1.29, 1.82) is 0 Å². The summed E-state index contributed by atoms with van der Waals surface area (Å²) < 4.78 is 41.9. The highest BCUT2D eigenvalue weighted by Gasteiger charge is 2.47.